The summed E-state index contributed by atoms with van der Waals surface area (Å²) in [6.45, 7) is 11.3. The van der Waals surface area contributed by atoms with Crippen molar-refractivity contribution in [1.82, 2.24) is 0 Å². The van der Waals surface area contributed by atoms with Gasteiger partial charge in [-0.1, -0.05) is 27.7 Å². The number of Topliss-reactive ketones (excluding diaryl/α,β-unsaturated/α-hetero) is 1. The Morgan fingerprint density at radius 2 is 1.55 bits per heavy atom. The number of ketones is 1. The molecule has 0 aromatic heterocycles. The topological polar surface area (TPSA) is 102 Å². The second-order valence-corrected chi connectivity index (χ2v) is 13.0. The van der Waals surface area contributed by atoms with Crippen LogP contribution in [0.2, 0.25) is 0 Å². The SMILES string of the molecule is CC(=O)CC1OC[C@@H]2O[C@@H]3C[C@@H]4O[C@H]5C(OC6(CCCO6)[C@@H](C)[C@@H]5C)[C@@H](O)[C@H](C)[C@H]4O[C@H]3C[C@@H](C)C[C@H]2O1.I.[H-].[K+]. The van der Waals surface area contributed by atoms with Gasteiger partial charge in [-0.25, -0.2) is 0 Å². The third-order valence-corrected chi connectivity index (χ3v) is 10.2. The summed E-state index contributed by atoms with van der Waals surface area (Å²) in [5.74, 6) is -0.0743. The Balaban J connectivity index is 0.00000154. The van der Waals surface area contributed by atoms with Crippen LogP contribution in [0.15, 0.2) is 0 Å². The third-order valence-electron chi connectivity index (χ3n) is 10.2. The van der Waals surface area contributed by atoms with Crippen LogP contribution >= 0.6 is 24.0 Å². The number of carbonyl (C=O) groups is 1. The van der Waals surface area contributed by atoms with Crippen molar-refractivity contribution in [3.63, 3.8) is 0 Å². The fraction of sp³-hybridized carbons (Fsp3) is 0.966. The van der Waals surface area contributed by atoms with Gasteiger partial charge in [-0.3, -0.25) is 4.79 Å². The summed E-state index contributed by atoms with van der Waals surface area (Å²) >= 11 is 0. The van der Waals surface area contributed by atoms with Gasteiger partial charge in [0.25, 0.3) is 0 Å². The molecule has 1 spiro atoms. The first-order valence-electron chi connectivity index (χ1n) is 14.9. The van der Waals surface area contributed by atoms with E-state index in [4.69, 9.17) is 33.2 Å². The predicted molar refractivity (Wildman–Crippen MR) is 152 cm³/mol. The van der Waals surface area contributed by atoms with Crippen molar-refractivity contribution in [2.45, 2.75) is 140 Å². The monoisotopic (exact) mass is 706 g/mol. The summed E-state index contributed by atoms with van der Waals surface area (Å²) in [5.41, 5.74) is 0. The van der Waals surface area contributed by atoms with Crippen LogP contribution in [0.1, 0.15) is 74.6 Å². The Kier molecular flexibility index (Phi) is 12.1. The minimum Gasteiger partial charge on any atom is -1.00 e. The molecule has 15 atom stereocenters. The van der Waals surface area contributed by atoms with Crippen LogP contribution < -0.4 is 51.4 Å². The van der Waals surface area contributed by atoms with E-state index in [1.54, 1.807) is 6.92 Å². The summed E-state index contributed by atoms with van der Waals surface area (Å²) in [7, 11) is 0. The van der Waals surface area contributed by atoms with Gasteiger partial charge in [0.15, 0.2) is 12.1 Å². The van der Waals surface area contributed by atoms with Crippen molar-refractivity contribution in [3.05, 3.63) is 0 Å². The van der Waals surface area contributed by atoms with Gasteiger partial charge in [-0.2, -0.15) is 0 Å². The summed E-state index contributed by atoms with van der Waals surface area (Å²) in [6, 6.07) is 0. The van der Waals surface area contributed by atoms with Gasteiger partial charge < -0.3 is 39.7 Å². The quantitative estimate of drug-likeness (QED) is 0.329. The summed E-state index contributed by atoms with van der Waals surface area (Å²) in [5, 5.41) is 11.6. The largest absolute Gasteiger partial charge is 1.00 e. The molecule has 226 valence electrons. The molecule has 0 radical (unpaired) electrons. The van der Waals surface area contributed by atoms with Crippen LogP contribution in [0.3, 0.4) is 0 Å². The smallest absolute Gasteiger partial charge is 1.00 e. The molecule has 6 aliphatic heterocycles. The fourth-order valence-corrected chi connectivity index (χ4v) is 7.90. The Labute approximate surface area is 299 Å². The number of fused-ring (bicyclic) bond motifs is 4. The van der Waals surface area contributed by atoms with Crippen LogP contribution in [0.25, 0.3) is 0 Å². The van der Waals surface area contributed by atoms with E-state index in [1.165, 1.54) is 0 Å². The second-order valence-electron chi connectivity index (χ2n) is 13.0. The van der Waals surface area contributed by atoms with Crippen LogP contribution in [0.4, 0.5) is 0 Å². The maximum atomic E-state index is 11.6. The molecular weight excluding hydrogens is 658 g/mol. The minimum absolute atomic E-state index is 0. The molecule has 0 aromatic carbocycles. The molecule has 0 saturated carbocycles. The number of aliphatic hydroxyl groups is 1. The molecule has 6 rings (SSSR count). The molecular formula is C29H48IKO9. The first-order chi connectivity index (χ1) is 18.1. The van der Waals surface area contributed by atoms with E-state index in [0.29, 0.717) is 25.6 Å². The number of hydrogen-bond donors (Lipinski definition) is 1. The third kappa shape index (κ3) is 6.64. The first-order valence-corrected chi connectivity index (χ1v) is 14.9. The number of carbonyl (C=O) groups excluding carboxylic acids is 1. The van der Waals surface area contributed by atoms with Crippen molar-refractivity contribution in [2.75, 3.05) is 13.2 Å². The number of halogens is 1. The zero-order chi connectivity index (χ0) is 26.8. The van der Waals surface area contributed by atoms with Crippen LogP contribution in [-0.4, -0.2) is 91.1 Å². The zero-order valence-corrected chi connectivity index (χ0v) is 30.3. The van der Waals surface area contributed by atoms with E-state index < -0.39 is 24.3 Å². The van der Waals surface area contributed by atoms with Crippen LogP contribution in [-0.2, 0) is 38.0 Å². The molecule has 40 heavy (non-hydrogen) atoms. The van der Waals surface area contributed by atoms with Crippen molar-refractivity contribution < 1.29 is 95.9 Å². The number of rotatable bonds is 2. The van der Waals surface area contributed by atoms with Gasteiger partial charge in [0, 0.05) is 24.7 Å². The maximum absolute atomic E-state index is 11.6. The van der Waals surface area contributed by atoms with Gasteiger partial charge in [-0.05, 0) is 38.0 Å². The van der Waals surface area contributed by atoms with E-state index in [1.807, 2.05) is 0 Å². The Hall–Kier alpha value is 1.72. The van der Waals surface area contributed by atoms with Gasteiger partial charge >= 0.3 is 51.4 Å². The summed E-state index contributed by atoms with van der Waals surface area (Å²) in [4.78, 5) is 11.6. The molecule has 9 nitrogen and oxygen atoms in total. The van der Waals surface area contributed by atoms with E-state index >= 15 is 0 Å². The minimum atomic E-state index is -0.711. The summed E-state index contributed by atoms with van der Waals surface area (Å²) < 4.78 is 45.1. The second kappa shape index (κ2) is 14.0. The van der Waals surface area contributed by atoms with Gasteiger partial charge in [-0.15, -0.1) is 24.0 Å². The van der Waals surface area contributed by atoms with Gasteiger partial charge in [0.05, 0.1) is 62.4 Å². The van der Waals surface area contributed by atoms with E-state index in [-0.39, 0.29) is 149 Å². The Bertz CT molecular complexity index is 881. The maximum Gasteiger partial charge on any atom is 1.00 e. The van der Waals surface area contributed by atoms with Crippen LogP contribution in [0.5, 0.6) is 0 Å². The van der Waals surface area contributed by atoms with Crippen molar-refractivity contribution in [1.29, 1.82) is 0 Å². The molecule has 0 aromatic rings. The Morgan fingerprint density at radius 3 is 2.23 bits per heavy atom. The van der Waals surface area contributed by atoms with Crippen molar-refractivity contribution in [3.8, 4) is 0 Å². The number of hydrogen-bond acceptors (Lipinski definition) is 9. The van der Waals surface area contributed by atoms with Gasteiger partial charge in [0.1, 0.15) is 18.0 Å². The molecule has 1 N–H and O–H groups in total. The first kappa shape index (κ1) is 34.6. The molecule has 0 bridgehead atoms. The standard InChI is InChI=1S/C29H46O9.HI.K.H/c1-14-9-19-21(34-23-13-32-24(11-15(2)30)35-20(23)10-14)12-22-26(36-19)17(4)25(31)28-27(37-22)16(3)18(5)29(38-28)7-6-8-33-29;;;/h14,16-28,31H,6-13H2,1-5H3;1H;;/q;;+1;-1/t14-,16+,17+,18+,19+,20-,21-,22+,23+,24?,25+,26-,27-,28?,29?;;;/m1.../s1. The van der Waals surface area contributed by atoms with E-state index in [0.717, 1.165) is 25.7 Å². The molecule has 6 aliphatic rings. The number of ether oxygens (including phenoxy) is 7. The fourth-order valence-electron chi connectivity index (χ4n) is 7.90. The molecule has 6 saturated heterocycles. The molecule has 11 heteroatoms. The molecule has 0 amide bonds. The van der Waals surface area contributed by atoms with E-state index in [9.17, 15) is 9.90 Å². The molecule has 3 unspecified atom stereocenters. The average Bonchev–Trinajstić information content (AvgIpc) is 3.31. The van der Waals surface area contributed by atoms with Crippen molar-refractivity contribution in [2.24, 2.45) is 23.7 Å². The Morgan fingerprint density at radius 1 is 0.875 bits per heavy atom. The number of aliphatic hydroxyl groups excluding tert-OH is 1. The molecule has 0 aliphatic carbocycles. The summed E-state index contributed by atoms with van der Waals surface area (Å²) in [6.07, 6.45) is 1.48. The molecule has 6 heterocycles. The molecule has 6 fully saturated rings. The normalized spacial score (nSPS) is 52.2. The van der Waals surface area contributed by atoms with Gasteiger partial charge in [0.2, 0.25) is 0 Å². The van der Waals surface area contributed by atoms with E-state index in [2.05, 4.69) is 27.7 Å². The zero-order valence-electron chi connectivity index (χ0n) is 25.9. The van der Waals surface area contributed by atoms with Crippen molar-refractivity contribution >= 4 is 29.8 Å². The average molecular weight is 707 g/mol. The predicted octanol–water partition coefficient (Wildman–Crippen LogP) is 0.725. The van der Waals surface area contributed by atoms with Crippen LogP contribution in [0, 0.1) is 23.7 Å².